The molecule has 4 aromatic rings. The molecule has 1 atom stereocenters. The number of carbonyl (C=O) groups excluding carboxylic acids is 4. The van der Waals surface area contributed by atoms with Crippen molar-refractivity contribution in [2.75, 3.05) is 6.61 Å². The molecule has 0 aliphatic heterocycles. The molecule has 0 aliphatic rings. The average molecular weight is 661 g/mol. The van der Waals surface area contributed by atoms with Crippen LogP contribution in [0.3, 0.4) is 0 Å². The average Bonchev–Trinajstić information content (AvgIpc) is 3.05. The molecule has 0 heterocycles. The monoisotopic (exact) mass is 659 g/mol. The minimum absolute atomic E-state index is 0.00444. The number of rotatable bonds is 14. The van der Waals surface area contributed by atoms with E-state index in [1.165, 1.54) is 12.1 Å². The first-order chi connectivity index (χ1) is 21.4. The fourth-order valence-electron chi connectivity index (χ4n) is 3.94. The second-order valence-electron chi connectivity index (χ2n) is 9.55. The van der Waals surface area contributed by atoms with Crippen LogP contribution in [0.15, 0.2) is 114 Å². The van der Waals surface area contributed by atoms with Gasteiger partial charge in [-0.05, 0) is 34.9 Å². The molecule has 0 saturated heterocycles. The van der Waals surface area contributed by atoms with Gasteiger partial charge >= 0.3 is 17.9 Å². The van der Waals surface area contributed by atoms with E-state index < -0.39 is 42.9 Å². The maximum Gasteiger partial charge on any atom is 0.344 e. The van der Waals surface area contributed by atoms with E-state index in [4.69, 9.17) is 18.9 Å². The quantitative estimate of drug-likeness (QED) is 0.138. The second-order valence-corrected chi connectivity index (χ2v) is 10.5. The van der Waals surface area contributed by atoms with Crippen LogP contribution in [0.5, 0.6) is 5.75 Å². The van der Waals surface area contributed by atoms with Crippen molar-refractivity contribution in [2.45, 2.75) is 32.3 Å². The lowest BCUT2D eigenvalue weighted by molar-refractivity contribution is -0.153. The fraction of sp³-hybridized carbons (Fsp3) is 0.176. The van der Waals surface area contributed by atoms with Gasteiger partial charge < -0.3 is 24.3 Å². The Kier molecular flexibility index (Phi) is 12.1. The molecule has 0 bridgehead atoms. The van der Waals surface area contributed by atoms with E-state index in [0.29, 0.717) is 4.47 Å². The molecule has 1 N–H and O–H groups in total. The van der Waals surface area contributed by atoms with Crippen LogP contribution in [0, 0.1) is 0 Å². The normalized spacial score (nSPS) is 11.1. The van der Waals surface area contributed by atoms with E-state index in [9.17, 15) is 19.2 Å². The molecule has 0 radical (unpaired) electrons. The van der Waals surface area contributed by atoms with Gasteiger partial charge in [0.25, 0.3) is 5.91 Å². The van der Waals surface area contributed by atoms with Crippen molar-refractivity contribution in [1.82, 2.24) is 5.32 Å². The zero-order valence-electron chi connectivity index (χ0n) is 23.6. The summed E-state index contributed by atoms with van der Waals surface area (Å²) >= 11 is 3.34. The third-order valence-electron chi connectivity index (χ3n) is 6.20. The highest BCUT2D eigenvalue weighted by Gasteiger charge is 2.28. The number of halogens is 1. The van der Waals surface area contributed by atoms with Crippen LogP contribution in [-0.4, -0.2) is 36.5 Å². The second kappa shape index (κ2) is 16.6. The van der Waals surface area contributed by atoms with E-state index >= 15 is 0 Å². The number of nitrogens with one attached hydrogen (secondary N) is 1. The molecule has 0 saturated carbocycles. The van der Waals surface area contributed by atoms with Gasteiger partial charge in [-0.25, -0.2) is 9.59 Å². The largest absolute Gasteiger partial charge is 0.481 e. The number of esters is 3. The zero-order chi connectivity index (χ0) is 31.1. The highest BCUT2D eigenvalue weighted by atomic mass is 79.9. The number of carbonyl (C=O) groups is 4. The summed E-state index contributed by atoms with van der Waals surface area (Å²) in [6.45, 7) is -0.437. The molecule has 44 heavy (non-hydrogen) atoms. The van der Waals surface area contributed by atoms with Crippen LogP contribution < -0.4 is 10.1 Å². The molecule has 4 aromatic carbocycles. The Hall–Kier alpha value is -4.96. The SMILES string of the molecule is O=C(COc1cc(Br)ccc1C(=O)N[C@@H](CC(=O)OCc1ccccc1)C(=O)OCc1ccccc1)OCc1ccccc1. The molecule has 0 fully saturated rings. The number of amides is 1. The van der Waals surface area contributed by atoms with Crippen molar-refractivity contribution in [3.05, 3.63) is 136 Å². The van der Waals surface area contributed by atoms with Gasteiger partial charge in [0.05, 0.1) is 12.0 Å². The zero-order valence-corrected chi connectivity index (χ0v) is 25.2. The number of hydrogen-bond donors (Lipinski definition) is 1. The van der Waals surface area contributed by atoms with Gasteiger partial charge in [-0.2, -0.15) is 0 Å². The van der Waals surface area contributed by atoms with Crippen LogP contribution >= 0.6 is 15.9 Å². The van der Waals surface area contributed by atoms with Gasteiger partial charge in [-0.3, -0.25) is 9.59 Å². The predicted molar refractivity (Wildman–Crippen MR) is 164 cm³/mol. The Balaban J connectivity index is 1.42. The summed E-state index contributed by atoms with van der Waals surface area (Å²) in [5.41, 5.74) is 2.35. The van der Waals surface area contributed by atoms with Gasteiger partial charge in [0.1, 0.15) is 31.6 Å². The Morgan fingerprint density at radius 2 is 1.14 bits per heavy atom. The fourth-order valence-corrected chi connectivity index (χ4v) is 4.28. The molecule has 0 aliphatic carbocycles. The third kappa shape index (κ3) is 10.4. The highest BCUT2D eigenvalue weighted by molar-refractivity contribution is 9.10. The molecule has 4 rings (SSSR count). The van der Waals surface area contributed by atoms with Crippen molar-refractivity contribution in [1.29, 1.82) is 0 Å². The van der Waals surface area contributed by atoms with Gasteiger partial charge in [0.2, 0.25) is 0 Å². The van der Waals surface area contributed by atoms with Crippen LogP contribution in [0.2, 0.25) is 0 Å². The number of hydrogen-bond acceptors (Lipinski definition) is 8. The lowest BCUT2D eigenvalue weighted by Gasteiger charge is -2.19. The molecule has 10 heteroatoms. The molecule has 9 nitrogen and oxygen atoms in total. The summed E-state index contributed by atoms with van der Waals surface area (Å²) in [4.78, 5) is 51.5. The summed E-state index contributed by atoms with van der Waals surface area (Å²) in [6, 6.07) is 30.5. The van der Waals surface area contributed by atoms with Crippen molar-refractivity contribution in [3.8, 4) is 5.75 Å². The van der Waals surface area contributed by atoms with Crippen molar-refractivity contribution in [3.63, 3.8) is 0 Å². The third-order valence-corrected chi connectivity index (χ3v) is 6.70. The van der Waals surface area contributed by atoms with Gasteiger partial charge in [-0.15, -0.1) is 0 Å². The molecular weight excluding hydrogens is 630 g/mol. The summed E-state index contributed by atoms with van der Waals surface area (Å²) in [7, 11) is 0. The lowest BCUT2D eigenvalue weighted by atomic mass is 10.1. The van der Waals surface area contributed by atoms with Gasteiger partial charge in [0, 0.05) is 4.47 Å². The Labute approximate surface area is 263 Å². The first-order valence-electron chi connectivity index (χ1n) is 13.7. The predicted octanol–water partition coefficient (Wildman–Crippen LogP) is 5.55. The van der Waals surface area contributed by atoms with E-state index in [-0.39, 0.29) is 31.1 Å². The maximum atomic E-state index is 13.4. The summed E-state index contributed by atoms with van der Waals surface area (Å²) in [6.07, 6.45) is -0.468. The van der Waals surface area contributed by atoms with Gasteiger partial charge in [-0.1, -0.05) is 107 Å². The van der Waals surface area contributed by atoms with Crippen LogP contribution in [0.25, 0.3) is 0 Å². The van der Waals surface area contributed by atoms with E-state index in [1.807, 2.05) is 54.6 Å². The van der Waals surface area contributed by atoms with Crippen LogP contribution in [0.1, 0.15) is 33.5 Å². The summed E-state index contributed by atoms with van der Waals surface area (Å²) in [5.74, 6) is -2.81. The first kappa shape index (κ1) is 32.0. The maximum absolute atomic E-state index is 13.4. The molecule has 0 spiro atoms. The number of ether oxygens (including phenoxy) is 4. The molecular formula is C34H30BrNO8. The minimum atomic E-state index is -1.36. The number of benzene rings is 4. The van der Waals surface area contributed by atoms with Crippen molar-refractivity contribution >= 4 is 39.7 Å². The molecule has 0 aromatic heterocycles. The topological polar surface area (TPSA) is 117 Å². The standard InChI is InChI=1S/C34H30BrNO8/c35-27-16-17-28(30(18-27)41-23-32(38)43-21-25-12-6-2-7-13-25)33(39)36-29(34(40)44-22-26-14-8-3-9-15-26)19-31(37)42-20-24-10-4-1-5-11-24/h1-18,29H,19-23H2,(H,36,39)/t29-/m0/s1. The Morgan fingerprint density at radius 3 is 1.68 bits per heavy atom. The van der Waals surface area contributed by atoms with E-state index in [1.54, 1.807) is 42.5 Å². The molecule has 0 unspecified atom stereocenters. The Bertz CT molecular complexity index is 1550. The van der Waals surface area contributed by atoms with Crippen molar-refractivity contribution < 1.29 is 38.1 Å². The van der Waals surface area contributed by atoms with Crippen LogP contribution in [-0.2, 0) is 48.4 Å². The van der Waals surface area contributed by atoms with Crippen LogP contribution in [0.4, 0.5) is 0 Å². The highest BCUT2D eigenvalue weighted by Crippen LogP contribution is 2.24. The smallest absolute Gasteiger partial charge is 0.344 e. The minimum Gasteiger partial charge on any atom is -0.481 e. The Morgan fingerprint density at radius 1 is 0.636 bits per heavy atom. The summed E-state index contributed by atoms with van der Waals surface area (Å²) < 4.78 is 22.2. The van der Waals surface area contributed by atoms with Gasteiger partial charge in [0.15, 0.2) is 6.61 Å². The van der Waals surface area contributed by atoms with Crippen molar-refractivity contribution in [2.24, 2.45) is 0 Å². The van der Waals surface area contributed by atoms with E-state index in [2.05, 4.69) is 21.2 Å². The first-order valence-corrected chi connectivity index (χ1v) is 14.5. The summed E-state index contributed by atoms with van der Waals surface area (Å²) in [5, 5.41) is 2.57. The molecule has 226 valence electrons. The van der Waals surface area contributed by atoms with E-state index in [0.717, 1.165) is 16.7 Å². The molecule has 1 amide bonds. The lowest BCUT2D eigenvalue weighted by Crippen LogP contribution is -2.43.